The minimum Gasteiger partial charge on any atom is -0.477 e. The summed E-state index contributed by atoms with van der Waals surface area (Å²) in [5.41, 5.74) is 12.5. The van der Waals surface area contributed by atoms with Crippen molar-refractivity contribution < 1.29 is 42.5 Å². The summed E-state index contributed by atoms with van der Waals surface area (Å²) in [6.45, 7) is 5.94. The monoisotopic (exact) mass is 1090 g/mol. The normalized spacial score (nSPS) is 11.0. The van der Waals surface area contributed by atoms with Crippen LogP contribution in [0.3, 0.4) is 0 Å². The number of hydrogen-bond acceptors (Lipinski definition) is 5. The molecule has 3 heterocycles. The number of halogens is 4. The topological polar surface area (TPSA) is 193 Å². The molecule has 0 atom stereocenters. The van der Waals surface area contributed by atoms with Crippen LogP contribution in [0.15, 0.2) is 152 Å². The van der Waals surface area contributed by atoms with Gasteiger partial charge in [0.2, 0.25) is 0 Å². The summed E-state index contributed by atoms with van der Waals surface area (Å²) in [6, 6.07) is 44.8. The second kappa shape index (κ2) is 24.1. The first-order valence-corrected chi connectivity index (χ1v) is 26.8. The van der Waals surface area contributed by atoms with Crippen molar-refractivity contribution >= 4 is 62.5 Å². The molecule has 0 aliphatic carbocycles. The van der Waals surface area contributed by atoms with E-state index in [1.807, 2.05) is 112 Å². The van der Waals surface area contributed by atoms with Gasteiger partial charge in [-0.15, -0.1) is 0 Å². The number of carboxylic acid groups (broad SMARTS) is 3. The van der Waals surface area contributed by atoms with Crippen LogP contribution in [0.5, 0.6) is 0 Å². The standard InChI is InChI=1S/C21H20ClNO4S.C19H15Cl2NO2.C19H16FNO2/c1-3-16-18(14-9-10-15(17(22)11-14)12-28(2,26)27)20(21(24)25)23-19(16)13-7-5-4-6-8-13;1-2-15-16(12-8-13(20)10-14(21)9-12)18(19(23)24)22-17(15)11-6-4-3-5-7-11;1-2-15-16(12-8-10-14(20)11-9-12)18(19(22)23)21-17(15)13-6-4-3-5-7-13/h4-11,23H,3,12H2,1-2H3,(H,24,25);3-10,22H,2H2,1H3,(H,23,24);3-11,21H,2H2,1H3,(H,22,23). The summed E-state index contributed by atoms with van der Waals surface area (Å²) in [5, 5.41) is 30.2. The molecule has 9 rings (SSSR count). The zero-order valence-electron chi connectivity index (χ0n) is 41.1. The smallest absolute Gasteiger partial charge is 0.352 e. The van der Waals surface area contributed by atoms with Gasteiger partial charge >= 0.3 is 17.9 Å². The molecular formula is C59H51Cl3FN3O8S. The van der Waals surface area contributed by atoms with Gasteiger partial charge in [-0.05, 0) is 111 Å². The first-order chi connectivity index (χ1) is 35.8. The van der Waals surface area contributed by atoms with Gasteiger partial charge < -0.3 is 30.3 Å². The molecule has 0 spiro atoms. The molecule has 11 nitrogen and oxygen atoms in total. The lowest BCUT2D eigenvalue weighted by atomic mass is 9.95. The minimum absolute atomic E-state index is 0.0858. The molecule has 3 aromatic heterocycles. The number of hydrogen-bond donors (Lipinski definition) is 6. The first-order valence-electron chi connectivity index (χ1n) is 23.6. The van der Waals surface area contributed by atoms with Crippen LogP contribution in [0.1, 0.15) is 74.5 Å². The van der Waals surface area contributed by atoms with Gasteiger partial charge in [-0.25, -0.2) is 27.2 Å². The Morgan fingerprint density at radius 1 is 0.467 bits per heavy atom. The molecule has 0 aliphatic heterocycles. The third-order valence-corrected chi connectivity index (χ3v) is 13.9. The molecule has 0 bridgehead atoms. The van der Waals surface area contributed by atoms with Crippen molar-refractivity contribution in [3.05, 3.63) is 212 Å². The van der Waals surface area contributed by atoms with Gasteiger partial charge in [0, 0.05) is 55.1 Å². The van der Waals surface area contributed by atoms with Crippen molar-refractivity contribution in [3.8, 4) is 67.2 Å². The molecule has 384 valence electrons. The van der Waals surface area contributed by atoms with Crippen LogP contribution in [-0.2, 0) is 34.9 Å². The fourth-order valence-electron chi connectivity index (χ4n) is 9.08. The summed E-state index contributed by atoms with van der Waals surface area (Å²) in [6.07, 6.45) is 3.10. The number of benzene rings is 6. The maximum absolute atomic E-state index is 13.2. The average molecular weight is 1090 g/mol. The Morgan fingerprint density at radius 2 is 0.813 bits per heavy atom. The van der Waals surface area contributed by atoms with E-state index in [0.29, 0.717) is 73.3 Å². The SMILES string of the molecule is CCc1c(-c2ccccc2)[nH]c(C(=O)O)c1-c1cc(Cl)cc(Cl)c1.CCc1c(-c2ccccc2)[nH]c(C(=O)O)c1-c1ccc(CS(C)(=O)=O)c(Cl)c1.CCc1c(-c2ccccc2)[nH]c(C(=O)O)c1-c1ccc(F)cc1. The van der Waals surface area contributed by atoms with Crippen LogP contribution in [0.4, 0.5) is 4.39 Å². The van der Waals surface area contributed by atoms with E-state index < -0.39 is 27.7 Å². The highest BCUT2D eigenvalue weighted by Gasteiger charge is 2.26. The van der Waals surface area contributed by atoms with Crippen LogP contribution in [-0.4, -0.2) is 62.9 Å². The molecule has 16 heteroatoms. The molecule has 0 unspecified atom stereocenters. The maximum Gasteiger partial charge on any atom is 0.352 e. The number of aromatic nitrogens is 3. The molecule has 0 fully saturated rings. The molecule has 0 aliphatic rings. The largest absolute Gasteiger partial charge is 0.477 e. The highest BCUT2D eigenvalue weighted by molar-refractivity contribution is 7.89. The number of carbonyl (C=O) groups is 3. The lowest BCUT2D eigenvalue weighted by Crippen LogP contribution is -2.02. The number of H-pyrrole nitrogens is 3. The molecular weight excluding hydrogens is 1040 g/mol. The van der Waals surface area contributed by atoms with Crippen LogP contribution in [0, 0.1) is 5.82 Å². The third-order valence-electron chi connectivity index (χ3n) is 12.2. The van der Waals surface area contributed by atoms with Gasteiger partial charge in [-0.2, -0.15) is 0 Å². The van der Waals surface area contributed by atoms with Crippen LogP contribution in [0.2, 0.25) is 15.1 Å². The van der Waals surface area contributed by atoms with E-state index in [2.05, 4.69) is 15.0 Å². The minimum atomic E-state index is -3.23. The number of nitrogens with one attached hydrogen (secondary N) is 3. The highest BCUT2D eigenvalue weighted by atomic mass is 35.5. The highest BCUT2D eigenvalue weighted by Crippen LogP contribution is 2.40. The summed E-state index contributed by atoms with van der Waals surface area (Å²) >= 11 is 18.5. The van der Waals surface area contributed by atoms with Gasteiger partial charge in [0.1, 0.15) is 22.9 Å². The molecule has 6 N–H and O–H groups in total. The average Bonchev–Trinajstić information content (AvgIpc) is 4.12. The summed E-state index contributed by atoms with van der Waals surface area (Å²) in [5.74, 6) is -3.62. The molecule has 0 saturated heterocycles. The quantitative estimate of drug-likeness (QED) is 0.0619. The van der Waals surface area contributed by atoms with Gasteiger partial charge in [0.25, 0.3) is 0 Å². The van der Waals surface area contributed by atoms with Crippen molar-refractivity contribution in [2.45, 2.75) is 45.8 Å². The number of aromatic carboxylic acids is 3. The second-order valence-corrected chi connectivity index (χ2v) is 20.7. The van der Waals surface area contributed by atoms with E-state index in [-0.39, 0.29) is 28.7 Å². The summed E-state index contributed by atoms with van der Waals surface area (Å²) in [4.78, 5) is 44.5. The second-order valence-electron chi connectivity index (χ2n) is 17.3. The van der Waals surface area contributed by atoms with Crippen molar-refractivity contribution in [1.82, 2.24) is 15.0 Å². The van der Waals surface area contributed by atoms with E-state index >= 15 is 0 Å². The summed E-state index contributed by atoms with van der Waals surface area (Å²) < 4.78 is 36.3. The molecule has 0 saturated carbocycles. The van der Waals surface area contributed by atoms with Gasteiger partial charge in [-0.1, -0.05) is 171 Å². The fraction of sp³-hybridized carbons (Fsp3) is 0.136. The van der Waals surface area contributed by atoms with Crippen molar-refractivity contribution in [2.24, 2.45) is 0 Å². The van der Waals surface area contributed by atoms with Crippen molar-refractivity contribution in [1.29, 1.82) is 0 Å². The lowest BCUT2D eigenvalue weighted by molar-refractivity contribution is 0.0681. The third kappa shape index (κ3) is 12.8. The lowest BCUT2D eigenvalue weighted by Gasteiger charge is -2.09. The Hall–Kier alpha value is -7.68. The van der Waals surface area contributed by atoms with Gasteiger partial charge in [-0.3, -0.25) is 0 Å². The first kappa shape index (κ1) is 55.1. The Kier molecular flexibility index (Phi) is 17.7. The predicted molar refractivity (Wildman–Crippen MR) is 298 cm³/mol. The Bertz CT molecular complexity index is 3610. The molecule has 0 radical (unpaired) electrons. The van der Waals surface area contributed by atoms with E-state index in [1.165, 1.54) is 12.1 Å². The zero-order valence-corrected chi connectivity index (χ0v) is 44.1. The van der Waals surface area contributed by atoms with Crippen LogP contribution >= 0.6 is 34.8 Å². The predicted octanol–water partition coefficient (Wildman–Crippen LogP) is 15.5. The molecule has 6 aromatic carbocycles. The number of rotatable bonds is 14. The van der Waals surface area contributed by atoms with Crippen molar-refractivity contribution in [3.63, 3.8) is 0 Å². The van der Waals surface area contributed by atoms with Gasteiger partial charge in [0.05, 0.1) is 5.75 Å². The molecule has 75 heavy (non-hydrogen) atoms. The molecule has 9 aromatic rings. The van der Waals surface area contributed by atoms with Crippen LogP contribution < -0.4 is 0 Å². The van der Waals surface area contributed by atoms with Crippen LogP contribution in [0.25, 0.3) is 67.2 Å². The van der Waals surface area contributed by atoms with E-state index in [9.17, 15) is 42.5 Å². The van der Waals surface area contributed by atoms with E-state index in [0.717, 1.165) is 56.7 Å². The number of carboxylic acids is 3. The van der Waals surface area contributed by atoms with Gasteiger partial charge in [0.15, 0.2) is 9.84 Å². The Morgan fingerprint density at radius 3 is 1.15 bits per heavy atom. The fourth-order valence-corrected chi connectivity index (χ4v) is 10.8. The molecule has 0 amide bonds. The number of sulfone groups is 1. The Labute approximate surface area is 448 Å². The van der Waals surface area contributed by atoms with E-state index in [1.54, 1.807) is 48.5 Å². The Balaban J connectivity index is 0.000000165. The zero-order chi connectivity index (χ0) is 54.1. The summed E-state index contributed by atoms with van der Waals surface area (Å²) in [7, 11) is -3.23. The van der Waals surface area contributed by atoms with E-state index in [4.69, 9.17) is 34.8 Å². The number of aromatic amines is 3. The van der Waals surface area contributed by atoms with Crippen molar-refractivity contribution in [2.75, 3.05) is 6.26 Å². The maximum atomic E-state index is 13.2.